The third-order valence-corrected chi connectivity index (χ3v) is 4.68. The van der Waals surface area contributed by atoms with Crippen LogP contribution in [0.4, 0.5) is 11.4 Å². The van der Waals surface area contributed by atoms with Crippen LogP contribution in [0.25, 0.3) is 0 Å². The van der Waals surface area contributed by atoms with Crippen molar-refractivity contribution in [1.82, 2.24) is 0 Å². The van der Waals surface area contributed by atoms with E-state index in [0.717, 1.165) is 5.56 Å². The zero-order valence-corrected chi connectivity index (χ0v) is 18.1. The Bertz CT molecular complexity index is 934. The molecule has 0 radical (unpaired) electrons. The number of nitrogens with one attached hydrogen (secondary N) is 2. The average Bonchev–Trinajstić information content (AvgIpc) is 2.69. The second kappa shape index (κ2) is 11.4. The third kappa shape index (κ3) is 7.57. The highest BCUT2D eigenvalue weighted by atomic mass is 35.5. The highest BCUT2D eigenvalue weighted by Gasteiger charge is 2.12. The number of halogens is 2. The Hall–Kier alpha value is -2.77. The Kier molecular flexibility index (Phi) is 8.95. The summed E-state index contributed by atoms with van der Waals surface area (Å²) in [5.41, 5.74) is 1.88. The maximum atomic E-state index is 12.0. The van der Waals surface area contributed by atoms with E-state index >= 15 is 0 Å². The molecule has 2 amide bonds. The van der Waals surface area contributed by atoms with Crippen LogP contribution in [0.2, 0.25) is 10.0 Å². The summed E-state index contributed by atoms with van der Waals surface area (Å²) >= 11 is 11.9. The van der Waals surface area contributed by atoms with E-state index in [9.17, 15) is 14.4 Å². The summed E-state index contributed by atoms with van der Waals surface area (Å²) in [6.07, 6.45) is 0.427. The van der Waals surface area contributed by atoms with Crippen molar-refractivity contribution in [3.8, 4) is 5.75 Å². The first-order valence-electron chi connectivity index (χ1n) is 9.13. The molecule has 0 heterocycles. The molecule has 30 heavy (non-hydrogen) atoms. The minimum atomic E-state index is -0.575. The van der Waals surface area contributed by atoms with Gasteiger partial charge in [0.25, 0.3) is 5.91 Å². The summed E-state index contributed by atoms with van der Waals surface area (Å²) in [6.45, 7) is 1.41. The third-order valence-electron chi connectivity index (χ3n) is 4.04. The molecule has 0 aliphatic heterocycles. The van der Waals surface area contributed by atoms with Gasteiger partial charge in [-0.15, -0.1) is 0 Å². The lowest BCUT2D eigenvalue weighted by Crippen LogP contribution is -2.21. The Balaban J connectivity index is 1.69. The standard InChI is InChI=1S/C21H22Cl2N2O5/c1-13-6-8-15(11-16(13)23)24-19(26)4-3-5-21(28)30-12-20(27)25-17-10-14(22)7-9-18(17)29-2/h6-11H,3-5,12H2,1-2H3,(H,24,26)(H,25,27). The molecule has 0 bridgehead atoms. The number of esters is 1. The van der Waals surface area contributed by atoms with Crippen LogP contribution < -0.4 is 15.4 Å². The van der Waals surface area contributed by atoms with E-state index in [1.165, 1.54) is 13.2 Å². The van der Waals surface area contributed by atoms with E-state index in [4.69, 9.17) is 32.7 Å². The van der Waals surface area contributed by atoms with Crippen molar-refractivity contribution in [3.05, 3.63) is 52.0 Å². The Morgan fingerprint density at radius 2 is 1.73 bits per heavy atom. The predicted molar refractivity (Wildman–Crippen MR) is 116 cm³/mol. The molecule has 0 aliphatic rings. The van der Waals surface area contributed by atoms with Crippen LogP contribution >= 0.6 is 23.2 Å². The van der Waals surface area contributed by atoms with Crippen molar-refractivity contribution in [2.45, 2.75) is 26.2 Å². The number of anilines is 2. The topological polar surface area (TPSA) is 93.7 Å². The van der Waals surface area contributed by atoms with Crippen molar-refractivity contribution in [1.29, 1.82) is 0 Å². The van der Waals surface area contributed by atoms with Crippen molar-refractivity contribution in [3.63, 3.8) is 0 Å². The van der Waals surface area contributed by atoms with Gasteiger partial charge in [0.15, 0.2) is 6.61 Å². The summed E-state index contributed by atoms with van der Waals surface area (Å²) in [5, 5.41) is 6.27. The molecule has 0 aromatic heterocycles. The van der Waals surface area contributed by atoms with Gasteiger partial charge in [-0.2, -0.15) is 0 Å². The summed E-state index contributed by atoms with van der Waals surface area (Å²) in [6, 6.07) is 9.98. The van der Waals surface area contributed by atoms with Crippen molar-refractivity contribution >= 4 is 52.4 Å². The van der Waals surface area contributed by atoms with Gasteiger partial charge < -0.3 is 20.1 Å². The lowest BCUT2D eigenvalue weighted by molar-refractivity contribution is -0.147. The van der Waals surface area contributed by atoms with Crippen molar-refractivity contribution < 1.29 is 23.9 Å². The van der Waals surface area contributed by atoms with Gasteiger partial charge in [0, 0.05) is 28.6 Å². The summed E-state index contributed by atoms with van der Waals surface area (Å²) < 4.78 is 10.1. The molecular formula is C21H22Cl2N2O5. The highest BCUT2D eigenvalue weighted by molar-refractivity contribution is 6.31. The zero-order chi connectivity index (χ0) is 22.1. The van der Waals surface area contributed by atoms with E-state index in [2.05, 4.69) is 10.6 Å². The number of rotatable bonds is 9. The first-order chi connectivity index (χ1) is 14.3. The predicted octanol–water partition coefficient (Wildman–Crippen LogP) is 4.60. The number of benzene rings is 2. The molecule has 2 rings (SSSR count). The van der Waals surface area contributed by atoms with Gasteiger partial charge in [-0.05, 0) is 49.2 Å². The fourth-order valence-electron chi connectivity index (χ4n) is 2.47. The van der Waals surface area contributed by atoms with Gasteiger partial charge in [-0.1, -0.05) is 29.3 Å². The number of carbonyl (C=O) groups is 3. The average molecular weight is 453 g/mol. The molecule has 0 aliphatic carbocycles. The number of ether oxygens (including phenoxy) is 2. The Morgan fingerprint density at radius 3 is 2.43 bits per heavy atom. The first kappa shape index (κ1) is 23.5. The van der Waals surface area contributed by atoms with Crippen LogP contribution in [0.15, 0.2) is 36.4 Å². The van der Waals surface area contributed by atoms with Crippen LogP contribution in [0, 0.1) is 6.92 Å². The number of methoxy groups -OCH3 is 1. The quantitative estimate of drug-likeness (QED) is 0.542. The summed E-state index contributed by atoms with van der Waals surface area (Å²) in [7, 11) is 1.46. The maximum Gasteiger partial charge on any atom is 0.306 e. The van der Waals surface area contributed by atoms with Gasteiger partial charge in [0.1, 0.15) is 5.75 Å². The van der Waals surface area contributed by atoms with Gasteiger partial charge >= 0.3 is 5.97 Å². The van der Waals surface area contributed by atoms with Gasteiger partial charge in [0.2, 0.25) is 5.91 Å². The number of hydrogen-bond donors (Lipinski definition) is 2. The minimum Gasteiger partial charge on any atom is -0.495 e. The second-order valence-corrected chi connectivity index (χ2v) is 7.26. The van der Waals surface area contributed by atoms with Crippen molar-refractivity contribution in [2.24, 2.45) is 0 Å². The van der Waals surface area contributed by atoms with E-state index in [1.807, 2.05) is 6.92 Å². The number of amides is 2. The van der Waals surface area contributed by atoms with Gasteiger partial charge in [0.05, 0.1) is 12.8 Å². The smallest absolute Gasteiger partial charge is 0.306 e. The maximum absolute atomic E-state index is 12.0. The molecule has 7 nitrogen and oxygen atoms in total. The number of hydrogen-bond acceptors (Lipinski definition) is 5. The largest absolute Gasteiger partial charge is 0.495 e. The normalized spacial score (nSPS) is 10.3. The fraction of sp³-hybridized carbons (Fsp3) is 0.286. The lowest BCUT2D eigenvalue weighted by Gasteiger charge is -2.11. The highest BCUT2D eigenvalue weighted by Crippen LogP contribution is 2.27. The molecule has 9 heteroatoms. The van der Waals surface area contributed by atoms with Crippen LogP contribution in [0.5, 0.6) is 5.75 Å². The first-order valence-corrected chi connectivity index (χ1v) is 9.89. The monoisotopic (exact) mass is 452 g/mol. The molecule has 2 aromatic rings. The van der Waals surface area contributed by atoms with E-state index in [1.54, 1.807) is 30.3 Å². The van der Waals surface area contributed by atoms with E-state index < -0.39 is 18.5 Å². The summed E-state index contributed by atoms with van der Waals surface area (Å²) in [4.78, 5) is 35.7. The van der Waals surface area contributed by atoms with Crippen molar-refractivity contribution in [2.75, 3.05) is 24.4 Å². The number of carbonyl (C=O) groups excluding carboxylic acids is 3. The molecule has 0 unspecified atom stereocenters. The van der Waals surface area contributed by atoms with Crippen LogP contribution in [0.1, 0.15) is 24.8 Å². The molecule has 0 saturated carbocycles. The molecule has 2 N–H and O–H groups in total. The molecule has 0 fully saturated rings. The molecule has 160 valence electrons. The molecule has 0 atom stereocenters. The van der Waals surface area contributed by atoms with E-state index in [-0.39, 0.29) is 25.2 Å². The van der Waals surface area contributed by atoms with Crippen LogP contribution in [-0.4, -0.2) is 31.5 Å². The fourth-order valence-corrected chi connectivity index (χ4v) is 2.82. The second-order valence-electron chi connectivity index (χ2n) is 6.42. The Labute approximate surface area is 184 Å². The molecule has 0 spiro atoms. The molecule has 2 aromatic carbocycles. The summed E-state index contributed by atoms with van der Waals surface area (Å²) in [5.74, 6) is -0.916. The molecular weight excluding hydrogens is 431 g/mol. The Morgan fingerprint density at radius 1 is 0.967 bits per heavy atom. The number of aryl methyl sites for hydroxylation is 1. The van der Waals surface area contributed by atoms with Gasteiger partial charge in [-0.3, -0.25) is 14.4 Å². The van der Waals surface area contributed by atoms with E-state index in [0.29, 0.717) is 27.2 Å². The van der Waals surface area contributed by atoms with Gasteiger partial charge in [-0.25, -0.2) is 0 Å². The molecule has 0 saturated heterocycles. The lowest BCUT2D eigenvalue weighted by atomic mass is 10.2. The van der Waals surface area contributed by atoms with Crippen LogP contribution in [0.3, 0.4) is 0 Å². The minimum absolute atomic E-state index is 0.00976. The van der Waals surface area contributed by atoms with Crippen LogP contribution in [-0.2, 0) is 19.1 Å². The SMILES string of the molecule is COc1ccc(Cl)cc1NC(=O)COC(=O)CCCC(=O)Nc1ccc(C)c(Cl)c1. The zero-order valence-electron chi connectivity index (χ0n) is 16.6.